The zero-order valence-electron chi connectivity index (χ0n) is 9.14. The molecule has 5 nitrogen and oxygen atoms in total. The predicted octanol–water partition coefficient (Wildman–Crippen LogP) is 1.19. The van der Waals surface area contributed by atoms with Crippen LogP contribution in [0.3, 0.4) is 0 Å². The summed E-state index contributed by atoms with van der Waals surface area (Å²) in [5.41, 5.74) is 0.891. The molecule has 15 heavy (non-hydrogen) atoms. The van der Waals surface area contributed by atoms with Crippen molar-refractivity contribution in [1.82, 2.24) is 14.6 Å². The van der Waals surface area contributed by atoms with Gasteiger partial charge in [-0.2, -0.15) is 4.98 Å². The fourth-order valence-corrected chi connectivity index (χ4v) is 1.33. The van der Waals surface area contributed by atoms with Gasteiger partial charge in [0.15, 0.2) is 0 Å². The van der Waals surface area contributed by atoms with Crippen LogP contribution in [0.2, 0.25) is 0 Å². The molecule has 2 rings (SSSR count). The highest BCUT2D eigenvalue weighted by atomic mass is 16.5. The first-order valence-electron chi connectivity index (χ1n) is 4.88. The zero-order valence-corrected chi connectivity index (χ0v) is 9.14. The van der Waals surface area contributed by atoms with Crippen LogP contribution in [0.25, 0.3) is 5.52 Å². The standard InChI is InChI=1S/C10H14N4O/c1-4-15-9-8-6-5-7-14(8)12-10(11-9)13(2)3/h5-7H,4H2,1-3H3. The van der Waals surface area contributed by atoms with E-state index in [2.05, 4.69) is 10.1 Å². The Balaban J connectivity index is 2.58. The number of nitrogens with zero attached hydrogens (tertiary/aromatic N) is 4. The number of anilines is 1. The molecule has 0 aliphatic carbocycles. The Morgan fingerprint density at radius 3 is 2.93 bits per heavy atom. The van der Waals surface area contributed by atoms with Crippen molar-refractivity contribution < 1.29 is 4.74 Å². The highest BCUT2D eigenvalue weighted by molar-refractivity contribution is 5.57. The van der Waals surface area contributed by atoms with Crippen LogP contribution >= 0.6 is 0 Å². The second-order valence-electron chi connectivity index (χ2n) is 3.38. The number of hydrogen-bond donors (Lipinski definition) is 0. The van der Waals surface area contributed by atoms with E-state index < -0.39 is 0 Å². The first kappa shape index (κ1) is 9.76. The van der Waals surface area contributed by atoms with E-state index in [0.29, 0.717) is 18.4 Å². The Morgan fingerprint density at radius 1 is 1.47 bits per heavy atom. The molecule has 0 saturated carbocycles. The average molecular weight is 206 g/mol. The lowest BCUT2D eigenvalue weighted by Crippen LogP contribution is -2.15. The van der Waals surface area contributed by atoms with E-state index in [0.717, 1.165) is 5.52 Å². The van der Waals surface area contributed by atoms with E-state index in [1.807, 2.05) is 44.2 Å². The first-order chi connectivity index (χ1) is 7.22. The highest BCUT2D eigenvalue weighted by Crippen LogP contribution is 2.19. The summed E-state index contributed by atoms with van der Waals surface area (Å²) in [5.74, 6) is 1.27. The van der Waals surface area contributed by atoms with Crippen molar-refractivity contribution in [1.29, 1.82) is 0 Å². The van der Waals surface area contributed by atoms with E-state index in [-0.39, 0.29) is 0 Å². The highest BCUT2D eigenvalue weighted by Gasteiger charge is 2.09. The normalized spacial score (nSPS) is 10.6. The molecular weight excluding hydrogens is 192 g/mol. The molecule has 0 N–H and O–H groups in total. The first-order valence-corrected chi connectivity index (χ1v) is 4.88. The van der Waals surface area contributed by atoms with Crippen LogP contribution in [0.1, 0.15) is 6.92 Å². The van der Waals surface area contributed by atoms with Crippen LogP contribution < -0.4 is 9.64 Å². The van der Waals surface area contributed by atoms with Gasteiger partial charge in [-0.25, -0.2) is 4.52 Å². The molecule has 0 spiro atoms. The van der Waals surface area contributed by atoms with Crippen molar-refractivity contribution in [2.75, 3.05) is 25.6 Å². The number of rotatable bonds is 3. The maximum atomic E-state index is 5.47. The average Bonchev–Trinajstić information content (AvgIpc) is 2.65. The van der Waals surface area contributed by atoms with Crippen LogP contribution in [0.4, 0.5) is 5.95 Å². The van der Waals surface area contributed by atoms with Gasteiger partial charge in [0.25, 0.3) is 0 Å². The van der Waals surface area contributed by atoms with Gasteiger partial charge in [-0.3, -0.25) is 0 Å². The van der Waals surface area contributed by atoms with Crippen LogP contribution in [0.5, 0.6) is 5.88 Å². The molecule has 2 aromatic heterocycles. The maximum absolute atomic E-state index is 5.47. The third kappa shape index (κ3) is 1.72. The predicted molar refractivity (Wildman–Crippen MR) is 58.5 cm³/mol. The summed E-state index contributed by atoms with van der Waals surface area (Å²) in [6.45, 7) is 2.54. The molecule has 0 aromatic carbocycles. The molecule has 0 saturated heterocycles. The Morgan fingerprint density at radius 2 is 2.27 bits per heavy atom. The number of hydrogen-bond acceptors (Lipinski definition) is 4. The van der Waals surface area contributed by atoms with Gasteiger partial charge in [0.05, 0.1) is 6.61 Å². The molecule has 80 valence electrons. The van der Waals surface area contributed by atoms with Crippen molar-refractivity contribution in [3.63, 3.8) is 0 Å². The molecule has 0 bridgehead atoms. The Hall–Kier alpha value is -1.78. The molecule has 0 amide bonds. The fourth-order valence-electron chi connectivity index (χ4n) is 1.33. The summed E-state index contributed by atoms with van der Waals surface area (Å²) in [6, 6.07) is 3.86. The largest absolute Gasteiger partial charge is 0.476 e. The molecule has 2 aromatic rings. The summed E-state index contributed by atoms with van der Waals surface area (Å²) < 4.78 is 7.24. The molecule has 0 atom stereocenters. The fraction of sp³-hybridized carbons (Fsp3) is 0.400. The third-order valence-electron chi connectivity index (χ3n) is 2.03. The summed E-state index contributed by atoms with van der Waals surface area (Å²) in [6.07, 6.45) is 1.88. The smallest absolute Gasteiger partial charge is 0.246 e. The Bertz CT molecular complexity index is 463. The quantitative estimate of drug-likeness (QED) is 0.756. The minimum Gasteiger partial charge on any atom is -0.476 e. The molecule has 5 heteroatoms. The molecule has 0 aliphatic rings. The van der Waals surface area contributed by atoms with E-state index >= 15 is 0 Å². The van der Waals surface area contributed by atoms with Gasteiger partial charge in [-0.05, 0) is 19.1 Å². The summed E-state index contributed by atoms with van der Waals surface area (Å²) in [4.78, 5) is 6.18. The van der Waals surface area contributed by atoms with Crippen molar-refractivity contribution in [3.05, 3.63) is 18.3 Å². The maximum Gasteiger partial charge on any atom is 0.246 e. The molecule has 0 fully saturated rings. The SMILES string of the molecule is CCOc1nc(N(C)C)nn2cccc12. The minimum absolute atomic E-state index is 0.602. The van der Waals surface area contributed by atoms with Crippen molar-refractivity contribution >= 4 is 11.5 Å². The van der Waals surface area contributed by atoms with Crippen LogP contribution in [0.15, 0.2) is 18.3 Å². The second-order valence-corrected chi connectivity index (χ2v) is 3.38. The topological polar surface area (TPSA) is 42.7 Å². The Labute approximate surface area is 88.3 Å². The third-order valence-corrected chi connectivity index (χ3v) is 2.03. The number of fused-ring (bicyclic) bond motifs is 1. The Kier molecular flexibility index (Phi) is 2.45. The van der Waals surface area contributed by atoms with Crippen molar-refractivity contribution in [2.45, 2.75) is 6.92 Å². The van der Waals surface area contributed by atoms with E-state index in [9.17, 15) is 0 Å². The van der Waals surface area contributed by atoms with Gasteiger partial charge < -0.3 is 9.64 Å². The number of aromatic nitrogens is 3. The van der Waals surface area contributed by atoms with Crippen LogP contribution in [-0.4, -0.2) is 35.3 Å². The van der Waals surface area contributed by atoms with Gasteiger partial charge in [0, 0.05) is 20.3 Å². The molecule has 0 unspecified atom stereocenters. The summed E-state index contributed by atoms with van der Waals surface area (Å²) in [5, 5.41) is 4.33. The van der Waals surface area contributed by atoms with Crippen molar-refractivity contribution in [3.8, 4) is 5.88 Å². The molecule has 0 radical (unpaired) electrons. The van der Waals surface area contributed by atoms with E-state index in [1.54, 1.807) is 4.52 Å². The van der Waals surface area contributed by atoms with E-state index in [1.165, 1.54) is 0 Å². The lowest BCUT2D eigenvalue weighted by molar-refractivity contribution is 0.328. The molecular formula is C10H14N4O. The van der Waals surface area contributed by atoms with Crippen LogP contribution in [0, 0.1) is 0 Å². The van der Waals surface area contributed by atoms with Gasteiger partial charge in [0.2, 0.25) is 11.8 Å². The summed E-state index contributed by atoms with van der Waals surface area (Å²) in [7, 11) is 3.81. The van der Waals surface area contributed by atoms with Gasteiger partial charge >= 0.3 is 0 Å². The van der Waals surface area contributed by atoms with Crippen molar-refractivity contribution in [2.24, 2.45) is 0 Å². The van der Waals surface area contributed by atoms with Gasteiger partial charge in [-0.1, -0.05) is 0 Å². The zero-order chi connectivity index (χ0) is 10.8. The van der Waals surface area contributed by atoms with E-state index in [4.69, 9.17) is 4.74 Å². The second kappa shape index (κ2) is 3.76. The molecule has 2 heterocycles. The molecule has 0 aliphatic heterocycles. The monoisotopic (exact) mass is 206 g/mol. The summed E-state index contributed by atoms with van der Waals surface area (Å²) >= 11 is 0. The van der Waals surface area contributed by atoms with Gasteiger partial charge in [0.1, 0.15) is 5.52 Å². The van der Waals surface area contributed by atoms with Gasteiger partial charge in [-0.15, -0.1) is 5.10 Å². The number of ether oxygens (including phenoxy) is 1. The lowest BCUT2D eigenvalue weighted by atomic mass is 10.5. The minimum atomic E-state index is 0.602. The lowest BCUT2D eigenvalue weighted by Gasteiger charge is -2.12. The van der Waals surface area contributed by atoms with Crippen LogP contribution in [-0.2, 0) is 0 Å².